The van der Waals surface area contributed by atoms with Crippen LogP contribution in [-0.4, -0.2) is 6.61 Å². The first-order chi connectivity index (χ1) is 8.13. The number of halogens is 3. The molecule has 0 saturated heterocycles. The van der Waals surface area contributed by atoms with Gasteiger partial charge in [-0.25, -0.2) is 0 Å². The van der Waals surface area contributed by atoms with Crippen molar-refractivity contribution in [2.45, 2.75) is 31.0 Å². The van der Waals surface area contributed by atoms with Gasteiger partial charge in [0, 0.05) is 15.9 Å². The summed E-state index contributed by atoms with van der Waals surface area (Å²) in [4.78, 5) is 0.303. The Kier molecular flexibility index (Phi) is 4.62. The lowest BCUT2D eigenvalue weighted by Crippen LogP contribution is -2.16. The van der Waals surface area contributed by atoms with Crippen LogP contribution in [-0.2, 0) is 0 Å². The first-order valence-electron chi connectivity index (χ1n) is 5.89. The minimum absolute atomic E-state index is 0.303. The number of rotatable bonds is 4. The van der Waals surface area contributed by atoms with Crippen LogP contribution < -0.4 is 4.74 Å². The van der Waals surface area contributed by atoms with Gasteiger partial charge in [-0.2, -0.15) is 0 Å². The van der Waals surface area contributed by atoms with Crippen LogP contribution in [0.15, 0.2) is 12.1 Å². The highest BCUT2D eigenvalue weighted by atomic mass is 79.9. The van der Waals surface area contributed by atoms with E-state index in [9.17, 15) is 0 Å². The van der Waals surface area contributed by atoms with Crippen molar-refractivity contribution in [2.75, 3.05) is 6.61 Å². The van der Waals surface area contributed by atoms with Gasteiger partial charge in [-0.15, -0.1) is 0 Å². The summed E-state index contributed by atoms with van der Waals surface area (Å²) in [6.45, 7) is 2.52. The van der Waals surface area contributed by atoms with E-state index in [-0.39, 0.29) is 0 Å². The third kappa shape index (κ3) is 2.91. The van der Waals surface area contributed by atoms with Crippen LogP contribution in [0.5, 0.6) is 5.75 Å². The summed E-state index contributed by atoms with van der Waals surface area (Å²) in [6.07, 6.45) is 3.84. The highest BCUT2D eigenvalue weighted by Crippen LogP contribution is 2.46. The Morgan fingerprint density at radius 2 is 2.06 bits per heavy atom. The van der Waals surface area contributed by atoms with E-state index in [1.54, 1.807) is 0 Å². The molecule has 1 aliphatic rings. The van der Waals surface area contributed by atoms with Crippen LogP contribution >= 0.6 is 39.1 Å². The topological polar surface area (TPSA) is 9.23 Å². The maximum Gasteiger partial charge on any atom is 0.139 e. The molecular formula is C13H15BrCl2O. The quantitative estimate of drug-likeness (QED) is 0.647. The fourth-order valence-corrected chi connectivity index (χ4v) is 3.54. The van der Waals surface area contributed by atoms with Gasteiger partial charge < -0.3 is 4.74 Å². The molecule has 1 nitrogen and oxygen atoms in total. The summed E-state index contributed by atoms with van der Waals surface area (Å²) >= 11 is 16.2. The number of ether oxygens (including phenoxy) is 1. The molecule has 0 heterocycles. The van der Waals surface area contributed by atoms with E-state index >= 15 is 0 Å². The van der Waals surface area contributed by atoms with Gasteiger partial charge in [-0.3, -0.25) is 0 Å². The van der Waals surface area contributed by atoms with Gasteiger partial charge in [0.2, 0.25) is 0 Å². The molecule has 94 valence electrons. The van der Waals surface area contributed by atoms with E-state index in [1.165, 1.54) is 19.3 Å². The lowest BCUT2D eigenvalue weighted by atomic mass is 9.81. The summed E-state index contributed by atoms with van der Waals surface area (Å²) in [6, 6.07) is 3.74. The van der Waals surface area contributed by atoms with E-state index in [0.29, 0.717) is 28.1 Å². The first-order valence-corrected chi connectivity index (χ1v) is 7.56. The van der Waals surface area contributed by atoms with Crippen molar-refractivity contribution in [2.24, 2.45) is 5.92 Å². The lowest BCUT2D eigenvalue weighted by molar-refractivity contribution is 0.312. The van der Waals surface area contributed by atoms with Gasteiger partial charge >= 0.3 is 0 Å². The summed E-state index contributed by atoms with van der Waals surface area (Å²) < 4.78 is 5.42. The fourth-order valence-electron chi connectivity index (χ4n) is 2.01. The van der Waals surface area contributed by atoms with Gasteiger partial charge in [0.1, 0.15) is 5.75 Å². The summed E-state index contributed by atoms with van der Waals surface area (Å²) in [7, 11) is 0. The highest BCUT2D eigenvalue weighted by molar-refractivity contribution is 9.09. The van der Waals surface area contributed by atoms with Gasteiger partial charge in [-0.05, 0) is 37.3 Å². The molecule has 1 fully saturated rings. The van der Waals surface area contributed by atoms with Crippen LogP contribution in [0.2, 0.25) is 10.0 Å². The number of hydrogen-bond donors (Lipinski definition) is 0. The zero-order valence-corrected chi connectivity index (χ0v) is 12.8. The molecular weight excluding hydrogens is 323 g/mol. The SMILES string of the molecule is CCOc1cc(Cl)c(C(Br)C2CCC2)cc1Cl. The molecule has 0 bridgehead atoms. The monoisotopic (exact) mass is 336 g/mol. The van der Waals surface area contributed by atoms with Crippen molar-refractivity contribution in [3.05, 3.63) is 27.7 Å². The summed E-state index contributed by atoms with van der Waals surface area (Å²) in [5.41, 5.74) is 1.07. The molecule has 1 unspecified atom stereocenters. The zero-order valence-electron chi connectivity index (χ0n) is 9.68. The van der Waals surface area contributed by atoms with Crippen LogP contribution in [0.25, 0.3) is 0 Å². The Bertz CT molecular complexity index is 405. The Morgan fingerprint density at radius 3 is 2.59 bits per heavy atom. The van der Waals surface area contributed by atoms with Crippen molar-refractivity contribution in [3.63, 3.8) is 0 Å². The second-order valence-electron chi connectivity index (χ2n) is 4.33. The number of benzene rings is 1. The molecule has 0 aliphatic heterocycles. The van der Waals surface area contributed by atoms with E-state index in [0.717, 1.165) is 10.6 Å². The van der Waals surface area contributed by atoms with Crippen molar-refractivity contribution >= 4 is 39.1 Å². The largest absolute Gasteiger partial charge is 0.492 e. The van der Waals surface area contributed by atoms with Crippen molar-refractivity contribution in [1.82, 2.24) is 0 Å². The average Bonchev–Trinajstić information content (AvgIpc) is 2.20. The summed E-state index contributed by atoms with van der Waals surface area (Å²) in [5.74, 6) is 1.35. The van der Waals surface area contributed by atoms with Gasteiger partial charge in [0.25, 0.3) is 0 Å². The molecule has 0 N–H and O–H groups in total. The van der Waals surface area contributed by atoms with Crippen molar-refractivity contribution in [3.8, 4) is 5.75 Å². The van der Waals surface area contributed by atoms with Crippen molar-refractivity contribution < 1.29 is 4.74 Å². The average molecular weight is 338 g/mol. The molecule has 17 heavy (non-hydrogen) atoms. The number of hydrogen-bond acceptors (Lipinski definition) is 1. The highest BCUT2D eigenvalue weighted by Gasteiger charge is 2.28. The van der Waals surface area contributed by atoms with Gasteiger partial charge in [0.05, 0.1) is 11.6 Å². The van der Waals surface area contributed by atoms with Crippen LogP contribution in [0, 0.1) is 5.92 Å². The molecule has 4 heteroatoms. The van der Waals surface area contributed by atoms with Crippen LogP contribution in [0.3, 0.4) is 0 Å². The summed E-state index contributed by atoms with van der Waals surface area (Å²) in [5, 5.41) is 1.36. The standard InChI is InChI=1S/C13H15BrCl2O/c1-2-17-12-7-10(15)9(6-11(12)16)13(14)8-4-3-5-8/h6-8,13H,2-5H2,1H3. The van der Waals surface area contributed by atoms with Crippen LogP contribution in [0.1, 0.15) is 36.6 Å². The van der Waals surface area contributed by atoms with E-state index in [2.05, 4.69) is 15.9 Å². The molecule has 0 spiro atoms. The Hall–Kier alpha value is 0.0800. The first kappa shape index (κ1) is 13.5. The normalized spacial score (nSPS) is 17.6. The third-order valence-electron chi connectivity index (χ3n) is 3.21. The maximum absolute atomic E-state index is 6.29. The molecule has 2 rings (SSSR count). The predicted molar refractivity (Wildman–Crippen MR) is 76.6 cm³/mol. The molecule has 1 aromatic rings. The lowest BCUT2D eigenvalue weighted by Gasteiger charge is -2.31. The minimum atomic E-state index is 0.303. The minimum Gasteiger partial charge on any atom is -0.492 e. The second-order valence-corrected chi connectivity index (χ2v) is 6.13. The Morgan fingerprint density at radius 1 is 1.35 bits per heavy atom. The molecule has 1 atom stereocenters. The molecule has 0 radical (unpaired) electrons. The van der Waals surface area contributed by atoms with E-state index in [4.69, 9.17) is 27.9 Å². The molecule has 1 aliphatic carbocycles. The molecule has 1 aromatic carbocycles. The molecule has 1 saturated carbocycles. The van der Waals surface area contributed by atoms with E-state index in [1.807, 2.05) is 19.1 Å². The second kappa shape index (κ2) is 5.81. The maximum atomic E-state index is 6.29. The zero-order chi connectivity index (χ0) is 12.4. The van der Waals surface area contributed by atoms with Crippen LogP contribution in [0.4, 0.5) is 0 Å². The molecule has 0 aromatic heterocycles. The van der Waals surface area contributed by atoms with Gasteiger partial charge in [0.15, 0.2) is 0 Å². The van der Waals surface area contributed by atoms with Gasteiger partial charge in [-0.1, -0.05) is 45.6 Å². The van der Waals surface area contributed by atoms with Crippen molar-refractivity contribution in [1.29, 1.82) is 0 Å². The Balaban J connectivity index is 2.25. The number of alkyl halides is 1. The fraction of sp³-hybridized carbons (Fsp3) is 0.538. The Labute approximate surface area is 121 Å². The smallest absolute Gasteiger partial charge is 0.139 e. The molecule has 0 amide bonds. The van der Waals surface area contributed by atoms with E-state index < -0.39 is 0 Å². The third-order valence-corrected chi connectivity index (χ3v) is 5.08. The predicted octanol–water partition coefficient (Wildman–Crippen LogP) is 5.63.